The second kappa shape index (κ2) is 7.20. The van der Waals surface area contributed by atoms with Gasteiger partial charge in [0.2, 0.25) is 0 Å². The number of carbonyl (C=O) groups is 1. The van der Waals surface area contributed by atoms with Gasteiger partial charge in [0.15, 0.2) is 5.84 Å². The lowest BCUT2D eigenvalue weighted by Gasteiger charge is -2.32. The number of amidine groups is 1. The van der Waals surface area contributed by atoms with Gasteiger partial charge in [-0.3, -0.25) is 4.79 Å². The molecule has 0 radical (unpaired) electrons. The van der Waals surface area contributed by atoms with Crippen molar-refractivity contribution in [3.05, 3.63) is 59.3 Å². The molecule has 2 aliphatic heterocycles. The molecule has 1 fully saturated rings. The van der Waals surface area contributed by atoms with Crippen LogP contribution in [0.3, 0.4) is 0 Å². The highest BCUT2D eigenvalue weighted by molar-refractivity contribution is 7.90. The number of hydrogen-bond donors (Lipinski definition) is 1. The molecular formula is C21H25N3O3S. The van der Waals surface area contributed by atoms with E-state index in [4.69, 9.17) is 0 Å². The van der Waals surface area contributed by atoms with Crippen LogP contribution in [0.5, 0.6) is 0 Å². The van der Waals surface area contributed by atoms with E-state index in [1.807, 2.05) is 0 Å². The van der Waals surface area contributed by atoms with Crippen molar-refractivity contribution in [2.75, 3.05) is 18.8 Å². The maximum absolute atomic E-state index is 12.9. The van der Waals surface area contributed by atoms with Gasteiger partial charge in [0.1, 0.15) is 0 Å². The summed E-state index contributed by atoms with van der Waals surface area (Å²) in [5.41, 5.74) is 2.73. The number of sulfonamides is 1. The van der Waals surface area contributed by atoms with Crippen LogP contribution in [-0.2, 0) is 20.2 Å². The van der Waals surface area contributed by atoms with E-state index in [9.17, 15) is 13.2 Å². The second-order valence-electron chi connectivity index (χ2n) is 7.86. The van der Waals surface area contributed by atoms with E-state index in [1.165, 1.54) is 11.1 Å². The first kappa shape index (κ1) is 18.9. The molecule has 1 amide bonds. The van der Waals surface area contributed by atoms with Crippen LogP contribution in [0.25, 0.3) is 0 Å². The summed E-state index contributed by atoms with van der Waals surface area (Å²) in [6, 6.07) is 8.51. The molecule has 0 saturated heterocycles. The smallest absolute Gasteiger partial charge is 0.256 e. The summed E-state index contributed by atoms with van der Waals surface area (Å²) >= 11 is 0. The molecule has 0 aromatic heterocycles. The molecule has 0 unspecified atom stereocenters. The van der Waals surface area contributed by atoms with Gasteiger partial charge in [-0.1, -0.05) is 42.7 Å². The van der Waals surface area contributed by atoms with Gasteiger partial charge in [-0.05, 0) is 37.5 Å². The SMILES string of the molecule is Cc1cccc(C2(CNC(=O)C3=CC=CN4CCS(=O)(=O)N=C34)CCCC2)c1. The van der Waals surface area contributed by atoms with Crippen LogP contribution in [0.4, 0.5) is 0 Å². The monoisotopic (exact) mass is 399 g/mol. The highest BCUT2D eigenvalue weighted by Gasteiger charge is 2.37. The molecule has 0 bridgehead atoms. The van der Waals surface area contributed by atoms with Gasteiger partial charge in [-0.15, -0.1) is 4.40 Å². The van der Waals surface area contributed by atoms with Gasteiger partial charge in [0.05, 0.1) is 11.3 Å². The average Bonchev–Trinajstić information content (AvgIpc) is 3.15. The number of fused-ring (bicyclic) bond motifs is 1. The van der Waals surface area contributed by atoms with Gasteiger partial charge in [-0.25, -0.2) is 8.42 Å². The highest BCUT2D eigenvalue weighted by atomic mass is 32.2. The molecule has 1 aliphatic carbocycles. The Kier molecular flexibility index (Phi) is 4.87. The Morgan fingerprint density at radius 2 is 2.07 bits per heavy atom. The number of aryl methyl sites for hydroxylation is 1. The van der Waals surface area contributed by atoms with Crippen molar-refractivity contribution in [3.8, 4) is 0 Å². The van der Waals surface area contributed by atoms with Crippen LogP contribution in [0.1, 0.15) is 36.8 Å². The van der Waals surface area contributed by atoms with Crippen molar-refractivity contribution in [3.63, 3.8) is 0 Å². The molecule has 3 aliphatic rings. The molecule has 0 spiro atoms. The summed E-state index contributed by atoms with van der Waals surface area (Å²) in [5, 5.41) is 3.07. The molecule has 2 heterocycles. The van der Waals surface area contributed by atoms with Crippen LogP contribution in [0, 0.1) is 6.92 Å². The number of amides is 1. The largest absolute Gasteiger partial charge is 0.351 e. The van der Waals surface area contributed by atoms with Crippen molar-refractivity contribution >= 4 is 21.8 Å². The maximum atomic E-state index is 12.9. The van der Waals surface area contributed by atoms with Gasteiger partial charge >= 0.3 is 0 Å². The summed E-state index contributed by atoms with van der Waals surface area (Å²) in [5.74, 6) is -0.0851. The first-order chi connectivity index (χ1) is 13.4. The first-order valence-electron chi connectivity index (χ1n) is 9.72. The third-order valence-electron chi connectivity index (χ3n) is 5.88. The van der Waals surface area contributed by atoms with E-state index < -0.39 is 10.0 Å². The lowest BCUT2D eigenvalue weighted by molar-refractivity contribution is -0.117. The summed E-state index contributed by atoms with van der Waals surface area (Å²) in [4.78, 5) is 14.7. The van der Waals surface area contributed by atoms with Crippen molar-refractivity contribution in [1.29, 1.82) is 0 Å². The van der Waals surface area contributed by atoms with E-state index in [1.54, 1.807) is 23.3 Å². The Hall–Kier alpha value is -2.41. The topological polar surface area (TPSA) is 78.8 Å². The third-order valence-corrected chi connectivity index (χ3v) is 7.03. The van der Waals surface area contributed by atoms with E-state index in [2.05, 4.69) is 40.9 Å². The molecule has 0 atom stereocenters. The standard InChI is InChI=1S/C21H25N3O3S/c1-16-6-4-7-17(14-16)21(9-2-3-10-21)15-22-20(25)18-8-5-11-24-12-13-28(26,27)23-19(18)24/h4-8,11,14H,2-3,9-10,12-13,15H2,1H3,(H,22,25). The quantitative estimate of drug-likeness (QED) is 0.843. The molecule has 28 heavy (non-hydrogen) atoms. The lowest BCUT2D eigenvalue weighted by Crippen LogP contribution is -2.45. The van der Waals surface area contributed by atoms with Gasteiger partial charge in [0.25, 0.3) is 15.9 Å². The fraction of sp³-hybridized carbons (Fsp3) is 0.429. The van der Waals surface area contributed by atoms with Crippen molar-refractivity contribution in [1.82, 2.24) is 10.2 Å². The van der Waals surface area contributed by atoms with Crippen molar-refractivity contribution in [2.24, 2.45) is 4.40 Å². The molecule has 1 saturated carbocycles. The molecular weight excluding hydrogens is 374 g/mol. The summed E-state index contributed by atoms with van der Waals surface area (Å²) in [6.07, 6.45) is 9.53. The number of hydrogen-bond acceptors (Lipinski definition) is 4. The number of nitrogens with zero attached hydrogens (tertiary/aromatic N) is 2. The Labute approximate surface area is 166 Å². The zero-order valence-corrected chi connectivity index (χ0v) is 16.8. The van der Waals surface area contributed by atoms with E-state index in [0.717, 1.165) is 25.7 Å². The minimum atomic E-state index is -3.52. The number of benzene rings is 1. The number of rotatable bonds is 4. The van der Waals surface area contributed by atoms with Crippen LogP contribution in [0.2, 0.25) is 0 Å². The molecule has 1 aromatic carbocycles. The fourth-order valence-electron chi connectivity index (χ4n) is 4.33. The van der Waals surface area contributed by atoms with Gasteiger partial charge in [-0.2, -0.15) is 0 Å². The Bertz CT molecular complexity index is 986. The molecule has 1 aromatic rings. The normalized spacial score (nSPS) is 22.2. The third kappa shape index (κ3) is 3.63. The second-order valence-corrected chi connectivity index (χ2v) is 9.61. The molecule has 148 valence electrons. The minimum Gasteiger partial charge on any atom is -0.351 e. The number of allylic oxidation sites excluding steroid dienone is 2. The van der Waals surface area contributed by atoms with Crippen LogP contribution in [-0.4, -0.2) is 43.9 Å². The lowest BCUT2D eigenvalue weighted by atomic mass is 9.78. The van der Waals surface area contributed by atoms with Crippen molar-refractivity contribution in [2.45, 2.75) is 38.0 Å². The Morgan fingerprint density at radius 3 is 2.82 bits per heavy atom. The van der Waals surface area contributed by atoms with E-state index >= 15 is 0 Å². The molecule has 4 rings (SSSR count). The maximum Gasteiger partial charge on any atom is 0.256 e. The van der Waals surface area contributed by atoms with Gasteiger partial charge < -0.3 is 10.2 Å². The van der Waals surface area contributed by atoms with Crippen LogP contribution >= 0.6 is 0 Å². The van der Waals surface area contributed by atoms with Gasteiger partial charge in [0, 0.05) is 24.7 Å². The summed E-state index contributed by atoms with van der Waals surface area (Å²) in [6.45, 7) is 2.94. The number of carbonyl (C=O) groups excluding carboxylic acids is 1. The summed E-state index contributed by atoms with van der Waals surface area (Å²) < 4.78 is 27.7. The Morgan fingerprint density at radius 1 is 1.29 bits per heavy atom. The number of nitrogens with one attached hydrogen (secondary N) is 1. The van der Waals surface area contributed by atoms with Crippen molar-refractivity contribution < 1.29 is 13.2 Å². The van der Waals surface area contributed by atoms with Crippen LogP contribution < -0.4 is 5.32 Å². The highest BCUT2D eigenvalue weighted by Crippen LogP contribution is 2.41. The van der Waals surface area contributed by atoms with E-state index in [-0.39, 0.29) is 22.9 Å². The fourth-order valence-corrected chi connectivity index (χ4v) is 5.32. The van der Waals surface area contributed by atoms with Crippen LogP contribution in [0.15, 0.2) is 52.6 Å². The summed E-state index contributed by atoms with van der Waals surface area (Å²) in [7, 11) is -3.52. The average molecular weight is 400 g/mol. The zero-order valence-electron chi connectivity index (χ0n) is 16.0. The molecule has 6 nitrogen and oxygen atoms in total. The zero-order chi connectivity index (χ0) is 19.8. The Balaban J connectivity index is 1.55. The molecule has 7 heteroatoms. The minimum absolute atomic E-state index is 0.0355. The molecule has 1 N–H and O–H groups in total. The predicted molar refractivity (Wildman–Crippen MR) is 109 cm³/mol. The van der Waals surface area contributed by atoms with E-state index in [0.29, 0.717) is 18.7 Å². The predicted octanol–water partition coefficient (Wildman–Crippen LogP) is 2.42. The first-order valence-corrected chi connectivity index (χ1v) is 11.3.